The van der Waals surface area contributed by atoms with Crippen LogP contribution in [0.15, 0.2) is 42.1 Å². The van der Waals surface area contributed by atoms with Gasteiger partial charge in [-0.2, -0.15) is 0 Å². The first-order chi connectivity index (χ1) is 13.9. The Hall–Kier alpha value is -2.87. The Morgan fingerprint density at radius 1 is 1.24 bits per heavy atom. The van der Waals surface area contributed by atoms with Crippen LogP contribution in [-0.2, 0) is 4.74 Å². The quantitative estimate of drug-likeness (QED) is 0.844. The first-order valence-corrected chi connectivity index (χ1v) is 9.84. The molecule has 7 nitrogen and oxygen atoms in total. The summed E-state index contributed by atoms with van der Waals surface area (Å²) in [7, 11) is 0. The topological polar surface area (TPSA) is 65.1 Å². The number of anilines is 1. The molecular formula is C21H25FN4O3. The summed E-state index contributed by atoms with van der Waals surface area (Å²) in [4.78, 5) is 30.0. The van der Waals surface area contributed by atoms with Crippen molar-refractivity contribution in [3.05, 3.63) is 53.5 Å². The van der Waals surface area contributed by atoms with Crippen LogP contribution in [0.5, 0.6) is 0 Å². The molecule has 2 amide bonds. The molecule has 0 aromatic heterocycles. The average Bonchev–Trinajstić information content (AvgIpc) is 3.06. The number of allylic oxidation sites excluding steroid dienone is 2. The molecule has 0 bridgehead atoms. The number of hydrogen-bond donors (Lipinski definition) is 1. The van der Waals surface area contributed by atoms with Crippen LogP contribution < -0.4 is 10.2 Å². The van der Waals surface area contributed by atoms with Gasteiger partial charge in [0.25, 0.3) is 5.91 Å². The summed E-state index contributed by atoms with van der Waals surface area (Å²) >= 11 is 0. The highest BCUT2D eigenvalue weighted by atomic mass is 19.1. The van der Waals surface area contributed by atoms with Crippen molar-refractivity contribution in [1.82, 2.24) is 15.1 Å². The van der Waals surface area contributed by atoms with Crippen LogP contribution in [0.3, 0.4) is 0 Å². The maximum absolute atomic E-state index is 14.7. The number of benzene rings is 1. The lowest BCUT2D eigenvalue weighted by Crippen LogP contribution is -2.54. The largest absolute Gasteiger partial charge is 0.447 e. The smallest absolute Gasteiger partial charge is 0.414 e. The van der Waals surface area contributed by atoms with E-state index in [0.717, 1.165) is 0 Å². The Bertz CT molecular complexity index is 877. The lowest BCUT2D eigenvalue weighted by atomic mass is 10.1. The number of ether oxygens (including phenoxy) is 1. The van der Waals surface area contributed by atoms with Crippen LogP contribution in [0.2, 0.25) is 0 Å². The Morgan fingerprint density at radius 3 is 2.59 bits per heavy atom. The summed E-state index contributed by atoms with van der Waals surface area (Å²) in [6, 6.07) is 4.12. The summed E-state index contributed by atoms with van der Waals surface area (Å²) in [5.74, 6) is -0.951. The zero-order valence-electron chi connectivity index (χ0n) is 16.6. The fourth-order valence-electron chi connectivity index (χ4n) is 3.87. The Morgan fingerprint density at radius 2 is 2.00 bits per heavy atom. The van der Waals surface area contributed by atoms with E-state index < -0.39 is 11.9 Å². The summed E-state index contributed by atoms with van der Waals surface area (Å²) in [6.45, 7) is 6.60. The van der Waals surface area contributed by atoms with E-state index in [0.29, 0.717) is 31.9 Å². The van der Waals surface area contributed by atoms with Gasteiger partial charge in [-0.3, -0.25) is 14.6 Å². The van der Waals surface area contributed by atoms with Gasteiger partial charge in [0.1, 0.15) is 12.4 Å². The van der Waals surface area contributed by atoms with E-state index in [1.54, 1.807) is 11.0 Å². The molecule has 154 valence electrons. The highest BCUT2D eigenvalue weighted by molar-refractivity contribution is 5.96. The van der Waals surface area contributed by atoms with E-state index in [9.17, 15) is 14.0 Å². The van der Waals surface area contributed by atoms with Gasteiger partial charge in [0.15, 0.2) is 0 Å². The van der Waals surface area contributed by atoms with Crippen LogP contribution in [0.1, 0.15) is 24.2 Å². The van der Waals surface area contributed by atoms with E-state index in [1.807, 2.05) is 20.0 Å². The molecule has 3 aliphatic heterocycles. The van der Waals surface area contributed by atoms with Crippen LogP contribution in [0, 0.1) is 5.82 Å². The molecule has 1 N–H and O–H groups in total. The molecule has 4 rings (SSSR count). The fraction of sp³-hybridized carbons (Fsp3) is 0.429. The first-order valence-electron chi connectivity index (χ1n) is 9.84. The molecule has 29 heavy (non-hydrogen) atoms. The molecule has 3 aliphatic rings. The number of carbonyl (C=O) groups excluding carboxylic acids is 2. The number of nitrogens with zero attached hydrogens (tertiary/aromatic N) is 3. The van der Waals surface area contributed by atoms with E-state index in [-0.39, 0.29) is 30.3 Å². The number of hydrogen-bond acceptors (Lipinski definition) is 5. The van der Waals surface area contributed by atoms with Crippen LogP contribution in [0.25, 0.3) is 0 Å². The number of dihydropyridines is 1. The Labute approximate surface area is 169 Å². The minimum absolute atomic E-state index is 0.0247. The zero-order chi connectivity index (χ0) is 20.5. The summed E-state index contributed by atoms with van der Waals surface area (Å²) in [5, 5.41) is 3.33. The molecule has 3 heterocycles. The van der Waals surface area contributed by atoms with Crippen molar-refractivity contribution in [3.8, 4) is 0 Å². The van der Waals surface area contributed by atoms with Crippen molar-refractivity contribution in [2.75, 3.05) is 37.7 Å². The van der Waals surface area contributed by atoms with Crippen LogP contribution in [-0.4, -0.2) is 66.8 Å². The maximum Gasteiger partial charge on any atom is 0.414 e. The van der Waals surface area contributed by atoms with E-state index in [1.165, 1.54) is 22.6 Å². The van der Waals surface area contributed by atoms with Gasteiger partial charge in [-0.05, 0) is 43.7 Å². The number of rotatable bonds is 3. The normalized spacial score (nSPS) is 24.9. The fourth-order valence-corrected chi connectivity index (χ4v) is 3.87. The van der Waals surface area contributed by atoms with Gasteiger partial charge in [0.2, 0.25) is 0 Å². The molecule has 0 aliphatic carbocycles. The number of carbonyl (C=O) groups is 2. The summed E-state index contributed by atoms with van der Waals surface area (Å²) in [5.41, 5.74) is 1.60. The second-order valence-electron chi connectivity index (χ2n) is 7.65. The number of nitrogens with one attached hydrogen (secondary N) is 1. The number of halogens is 1. The molecular weight excluding hydrogens is 375 g/mol. The molecule has 2 saturated heterocycles. The monoisotopic (exact) mass is 400 g/mol. The first kappa shape index (κ1) is 19.4. The van der Waals surface area contributed by atoms with Crippen molar-refractivity contribution in [2.24, 2.45) is 0 Å². The third kappa shape index (κ3) is 3.85. The van der Waals surface area contributed by atoms with Crippen molar-refractivity contribution in [3.63, 3.8) is 0 Å². The minimum Gasteiger partial charge on any atom is -0.447 e. The summed E-state index contributed by atoms with van der Waals surface area (Å²) in [6.07, 6.45) is 5.79. The van der Waals surface area contributed by atoms with Gasteiger partial charge in [-0.1, -0.05) is 6.08 Å². The highest BCUT2D eigenvalue weighted by Gasteiger charge is 2.32. The summed E-state index contributed by atoms with van der Waals surface area (Å²) < 4.78 is 19.7. The van der Waals surface area contributed by atoms with Gasteiger partial charge in [-0.25, -0.2) is 9.18 Å². The van der Waals surface area contributed by atoms with Gasteiger partial charge in [0.05, 0.1) is 23.5 Å². The van der Waals surface area contributed by atoms with Gasteiger partial charge in [-0.15, -0.1) is 0 Å². The predicted molar refractivity (Wildman–Crippen MR) is 107 cm³/mol. The maximum atomic E-state index is 14.7. The molecule has 2 atom stereocenters. The number of piperazine rings is 1. The lowest BCUT2D eigenvalue weighted by Gasteiger charge is -2.39. The molecule has 1 aromatic rings. The molecule has 8 heteroatoms. The molecule has 0 saturated carbocycles. The average molecular weight is 400 g/mol. The zero-order valence-corrected chi connectivity index (χ0v) is 16.6. The third-order valence-electron chi connectivity index (χ3n) is 5.56. The lowest BCUT2D eigenvalue weighted by molar-refractivity contribution is 0.0583. The van der Waals surface area contributed by atoms with Crippen molar-refractivity contribution < 1.29 is 18.7 Å². The van der Waals surface area contributed by atoms with Crippen molar-refractivity contribution in [1.29, 1.82) is 0 Å². The van der Waals surface area contributed by atoms with E-state index in [4.69, 9.17) is 4.74 Å². The van der Waals surface area contributed by atoms with Crippen molar-refractivity contribution >= 4 is 17.7 Å². The standard InChI is InChI=1S/C21H25FN4O3/c1-14-3-6-19(23-12-14)24-7-9-25(10-8-24)20(27)17-5-4-16(11-18(17)22)26-15(2)13-29-21(26)28/h3-6,11-12,15,19,23H,7-10,13H2,1-2H3/t15-,19?/m1/s1. The third-order valence-corrected chi connectivity index (χ3v) is 5.56. The van der Waals surface area contributed by atoms with Gasteiger partial charge < -0.3 is 15.0 Å². The predicted octanol–water partition coefficient (Wildman–Crippen LogP) is 2.32. The van der Waals surface area contributed by atoms with Crippen LogP contribution >= 0.6 is 0 Å². The van der Waals surface area contributed by atoms with Gasteiger partial charge >= 0.3 is 6.09 Å². The van der Waals surface area contributed by atoms with Crippen molar-refractivity contribution in [2.45, 2.75) is 26.1 Å². The van der Waals surface area contributed by atoms with E-state index >= 15 is 0 Å². The molecule has 0 radical (unpaired) electrons. The highest BCUT2D eigenvalue weighted by Crippen LogP contribution is 2.26. The minimum atomic E-state index is -0.626. The molecule has 1 unspecified atom stereocenters. The second kappa shape index (κ2) is 7.87. The molecule has 1 aromatic carbocycles. The van der Waals surface area contributed by atoms with Gasteiger partial charge in [0, 0.05) is 32.4 Å². The second-order valence-corrected chi connectivity index (χ2v) is 7.65. The molecule has 0 spiro atoms. The molecule has 2 fully saturated rings. The Balaban J connectivity index is 1.40. The number of cyclic esters (lactones) is 1. The SMILES string of the molecule is CC1=CNC(N2CCN(C(=O)c3ccc(N4C(=O)OC[C@H]4C)cc3F)CC2)C=C1. The van der Waals surface area contributed by atoms with Crippen LogP contribution in [0.4, 0.5) is 14.9 Å². The number of amides is 2. The Kier molecular flexibility index (Phi) is 5.27. The van der Waals surface area contributed by atoms with E-state index in [2.05, 4.69) is 22.4 Å².